The van der Waals surface area contributed by atoms with E-state index in [1.54, 1.807) is 48.5 Å². The summed E-state index contributed by atoms with van der Waals surface area (Å²) in [4.78, 5) is 24.9. The molecular weight excluding hydrogens is 411 g/mol. The Labute approximate surface area is 177 Å². The Balaban J connectivity index is 1.55. The van der Waals surface area contributed by atoms with Gasteiger partial charge in [-0.1, -0.05) is 47.0 Å². The zero-order chi connectivity index (χ0) is 20.5. The highest BCUT2D eigenvalue weighted by Gasteiger charge is 2.28. The van der Waals surface area contributed by atoms with E-state index in [4.69, 9.17) is 32.7 Å². The van der Waals surface area contributed by atoms with Crippen LogP contribution in [0.5, 0.6) is 11.5 Å². The highest BCUT2D eigenvalue weighted by molar-refractivity contribution is 6.42. The maximum atomic E-state index is 12.6. The molecule has 0 amide bonds. The minimum Gasteiger partial charge on any atom is -0.452 e. The third kappa shape index (κ3) is 4.04. The summed E-state index contributed by atoms with van der Waals surface area (Å²) < 4.78 is 11.1. The van der Waals surface area contributed by atoms with Crippen LogP contribution in [0.1, 0.15) is 31.8 Å². The van der Waals surface area contributed by atoms with Gasteiger partial charge in [-0.05, 0) is 55.0 Å². The number of carbonyl (C=O) groups excluding carboxylic acids is 2. The van der Waals surface area contributed by atoms with E-state index in [0.717, 1.165) is 5.56 Å². The van der Waals surface area contributed by atoms with Crippen LogP contribution in [0.15, 0.2) is 66.4 Å². The number of Topliss-reactive ketones (excluding diaryl/α,β-unsaturated/α-hetero) is 1. The smallest absolute Gasteiger partial charge is 0.343 e. The van der Waals surface area contributed by atoms with Crippen LogP contribution in [-0.2, 0) is 0 Å². The van der Waals surface area contributed by atoms with Gasteiger partial charge in [0.25, 0.3) is 0 Å². The van der Waals surface area contributed by atoms with Crippen molar-refractivity contribution >= 4 is 41.0 Å². The Bertz CT molecular complexity index is 1160. The number of ether oxygens (including phenoxy) is 2. The topological polar surface area (TPSA) is 52.6 Å². The number of fused-ring (bicyclic) bond motifs is 1. The third-order valence-electron chi connectivity index (χ3n) is 4.38. The predicted octanol–water partition coefficient (Wildman–Crippen LogP) is 6.14. The van der Waals surface area contributed by atoms with Crippen molar-refractivity contribution in [1.29, 1.82) is 0 Å². The lowest BCUT2D eigenvalue weighted by molar-refractivity contribution is 0.0734. The van der Waals surface area contributed by atoms with Crippen molar-refractivity contribution < 1.29 is 19.1 Å². The summed E-state index contributed by atoms with van der Waals surface area (Å²) >= 11 is 11.9. The molecule has 144 valence electrons. The summed E-state index contributed by atoms with van der Waals surface area (Å²) in [6.07, 6.45) is 1.59. The quantitative estimate of drug-likeness (QED) is 0.288. The molecule has 1 heterocycles. The molecule has 3 aromatic rings. The van der Waals surface area contributed by atoms with E-state index >= 15 is 0 Å². The Morgan fingerprint density at radius 2 is 1.72 bits per heavy atom. The van der Waals surface area contributed by atoms with Crippen LogP contribution in [-0.4, -0.2) is 11.8 Å². The second-order valence-electron chi connectivity index (χ2n) is 6.53. The molecule has 4 rings (SSSR count). The summed E-state index contributed by atoms with van der Waals surface area (Å²) in [6.45, 7) is 1.94. The number of rotatable bonds is 3. The van der Waals surface area contributed by atoms with Crippen molar-refractivity contribution in [2.45, 2.75) is 6.92 Å². The lowest BCUT2D eigenvalue weighted by Crippen LogP contribution is -2.08. The van der Waals surface area contributed by atoms with Gasteiger partial charge in [-0.3, -0.25) is 4.79 Å². The minimum atomic E-state index is -0.485. The number of ketones is 1. The van der Waals surface area contributed by atoms with Gasteiger partial charge in [-0.2, -0.15) is 0 Å². The van der Waals surface area contributed by atoms with Crippen LogP contribution in [0, 0.1) is 6.92 Å². The summed E-state index contributed by atoms with van der Waals surface area (Å²) in [5.41, 5.74) is 2.56. The first-order chi connectivity index (χ1) is 13.9. The number of halogens is 2. The van der Waals surface area contributed by atoms with Crippen LogP contribution >= 0.6 is 23.2 Å². The molecule has 0 spiro atoms. The second-order valence-corrected chi connectivity index (χ2v) is 7.34. The fourth-order valence-electron chi connectivity index (χ4n) is 2.84. The molecule has 0 aliphatic carbocycles. The van der Waals surface area contributed by atoms with E-state index in [1.165, 1.54) is 6.07 Å². The number of carbonyl (C=O) groups is 2. The van der Waals surface area contributed by atoms with Crippen molar-refractivity contribution in [3.63, 3.8) is 0 Å². The molecule has 1 aliphatic rings. The van der Waals surface area contributed by atoms with Crippen LogP contribution in [0.3, 0.4) is 0 Å². The zero-order valence-corrected chi connectivity index (χ0v) is 16.8. The Morgan fingerprint density at radius 3 is 2.45 bits per heavy atom. The van der Waals surface area contributed by atoms with E-state index < -0.39 is 5.97 Å². The molecule has 3 aromatic carbocycles. The molecule has 4 nitrogen and oxygen atoms in total. The normalized spacial score (nSPS) is 13.9. The summed E-state index contributed by atoms with van der Waals surface area (Å²) in [7, 11) is 0. The standard InChI is InChI=1S/C23H14Cl2O4/c1-13-2-5-15(6-3-13)23(27)28-16-7-8-17-20(12-16)29-21(22(17)26)11-14-4-9-18(24)19(25)10-14/h2-12H,1H3. The summed E-state index contributed by atoms with van der Waals surface area (Å²) in [5, 5.41) is 0.810. The molecule has 0 fully saturated rings. The van der Waals surface area contributed by atoms with Gasteiger partial charge < -0.3 is 9.47 Å². The van der Waals surface area contributed by atoms with Gasteiger partial charge in [-0.15, -0.1) is 0 Å². The number of aryl methyl sites for hydroxylation is 1. The first kappa shape index (κ1) is 19.2. The van der Waals surface area contributed by atoms with Gasteiger partial charge in [0.15, 0.2) is 5.76 Å². The molecular formula is C23H14Cl2O4. The largest absolute Gasteiger partial charge is 0.452 e. The van der Waals surface area contributed by atoms with Crippen molar-refractivity contribution in [1.82, 2.24) is 0 Å². The Hall–Kier alpha value is -3.08. The van der Waals surface area contributed by atoms with Crippen LogP contribution < -0.4 is 9.47 Å². The number of benzene rings is 3. The maximum absolute atomic E-state index is 12.6. The molecule has 0 radical (unpaired) electrons. The van der Waals surface area contributed by atoms with E-state index in [9.17, 15) is 9.59 Å². The molecule has 29 heavy (non-hydrogen) atoms. The Morgan fingerprint density at radius 1 is 0.966 bits per heavy atom. The van der Waals surface area contributed by atoms with Gasteiger partial charge in [0.05, 0.1) is 21.2 Å². The predicted molar refractivity (Wildman–Crippen MR) is 112 cm³/mol. The van der Waals surface area contributed by atoms with E-state index in [0.29, 0.717) is 32.5 Å². The fourth-order valence-corrected chi connectivity index (χ4v) is 3.15. The number of esters is 1. The average Bonchev–Trinajstić information content (AvgIpc) is 3.00. The highest BCUT2D eigenvalue weighted by Crippen LogP contribution is 2.35. The van der Waals surface area contributed by atoms with Crippen LogP contribution in [0.25, 0.3) is 6.08 Å². The third-order valence-corrected chi connectivity index (χ3v) is 5.12. The highest BCUT2D eigenvalue weighted by atomic mass is 35.5. The molecule has 6 heteroatoms. The molecule has 0 aromatic heterocycles. The first-order valence-electron chi connectivity index (χ1n) is 8.73. The molecule has 0 bridgehead atoms. The lowest BCUT2D eigenvalue weighted by Gasteiger charge is -2.06. The van der Waals surface area contributed by atoms with Gasteiger partial charge in [0.2, 0.25) is 5.78 Å². The van der Waals surface area contributed by atoms with Crippen molar-refractivity contribution in [2.24, 2.45) is 0 Å². The minimum absolute atomic E-state index is 0.153. The van der Waals surface area contributed by atoms with Crippen molar-refractivity contribution in [2.75, 3.05) is 0 Å². The maximum Gasteiger partial charge on any atom is 0.343 e. The Kier molecular flexibility index (Phi) is 5.14. The molecule has 0 atom stereocenters. The molecule has 0 saturated carbocycles. The van der Waals surface area contributed by atoms with Crippen molar-refractivity contribution in [3.05, 3.63) is 98.7 Å². The zero-order valence-electron chi connectivity index (χ0n) is 15.2. The summed E-state index contributed by atoms with van der Waals surface area (Å²) in [6, 6.07) is 16.7. The van der Waals surface area contributed by atoms with E-state index in [2.05, 4.69) is 0 Å². The molecule has 0 unspecified atom stereocenters. The number of hydrogen-bond acceptors (Lipinski definition) is 4. The number of allylic oxidation sites excluding steroid dienone is 1. The lowest BCUT2D eigenvalue weighted by atomic mass is 10.1. The number of hydrogen-bond donors (Lipinski definition) is 0. The monoisotopic (exact) mass is 424 g/mol. The van der Waals surface area contributed by atoms with Crippen LogP contribution in [0.2, 0.25) is 10.0 Å². The molecule has 0 saturated heterocycles. The average molecular weight is 425 g/mol. The second kappa shape index (κ2) is 7.74. The van der Waals surface area contributed by atoms with Gasteiger partial charge in [-0.25, -0.2) is 4.79 Å². The fraction of sp³-hybridized carbons (Fsp3) is 0.0435. The van der Waals surface area contributed by atoms with E-state index in [1.807, 2.05) is 19.1 Å². The van der Waals surface area contributed by atoms with Crippen LogP contribution in [0.4, 0.5) is 0 Å². The van der Waals surface area contributed by atoms with Gasteiger partial charge in [0.1, 0.15) is 11.5 Å². The molecule has 1 aliphatic heterocycles. The van der Waals surface area contributed by atoms with Gasteiger partial charge in [0, 0.05) is 6.07 Å². The summed E-state index contributed by atoms with van der Waals surface area (Å²) in [5.74, 6) is 0.0251. The van der Waals surface area contributed by atoms with E-state index in [-0.39, 0.29) is 17.3 Å². The van der Waals surface area contributed by atoms with Gasteiger partial charge >= 0.3 is 5.97 Å². The SMILES string of the molecule is Cc1ccc(C(=O)Oc2ccc3c(c2)OC(=Cc2ccc(Cl)c(Cl)c2)C3=O)cc1. The van der Waals surface area contributed by atoms with Crippen molar-refractivity contribution in [3.8, 4) is 11.5 Å². The first-order valence-corrected chi connectivity index (χ1v) is 9.48. The molecule has 0 N–H and O–H groups in total.